The predicted molar refractivity (Wildman–Crippen MR) is 126 cm³/mol. The summed E-state index contributed by atoms with van der Waals surface area (Å²) in [6.45, 7) is 7.35. The van der Waals surface area contributed by atoms with Gasteiger partial charge in [-0.25, -0.2) is 0 Å². The van der Waals surface area contributed by atoms with Crippen LogP contribution in [0.15, 0.2) is 60.1 Å². The molecule has 1 N–H and O–H groups in total. The van der Waals surface area contributed by atoms with Crippen LogP contribution in [-0.2, 0) is 30.9 Å². The Morgan fingerprint density at radius 3 is 1.55 bits per heavy atom. The van der Waals surface area contributed by atoms with E-state index >= 15 is 0 Å². The van der Waals surface area contributed by atoms with E-state index in [-0.39, 0.29) is 45.7 Å². The number of ether oxygens (including phenoxy) is 1. The molecule has 2 saturated carbocycles. The van der Waals surface area contributed by atoms with Gasteiger partial charge < -0.3 is 17.3 Å². The van der Waals surface area contributed by atoms with Gasteiger partial charge >= 0.3 is 26.2 Å². The van der Waals surface area contributed by atoms with Crippen LogP contribution in [0.25, 0.3) is 0 Å². The van der Waals surface area contributed by atoms with Crippen LogP contribution < -0.4 is 0 Å². The molecule has 0 aromatic rings. The molecule has 31 heavy (non-hydrogen) atoms. The monoisotopic (exact) mass is 491 g/mol. The molecule has 0 atom stereocenters. The van der Waals surface area contributed by atoms with Crippen molar-refractivity contribution < 1.29 is 36.0 Å². The van der Waals surface area contributed by atoms with Crippen molar-refractivity contribution in [3.63, 3.8) is 0 Å². The van der Waals surface area contributed by atoms with E-state index in [1.54, 1.807) is 13.8 Å². The van der Waals surface area contributed by atoms with Crippen LogP contribution in [0, 0.1) is 68.6 Å². The van der Waals surface area contributed by atoms with Crippen molar-refractivity contribution in [3.8, 4) is 0 Å². The average molecular weight is 493 g/mol. The Bertz CT molecular complexity index is 637. The van der Waals surface area contributed by atoms with E-state index in [4.69, 9.17) is 9.84 Å². The quantitative estimate of drug-likeness (QED) is 0.331. The van der Waals surface area contributed by atoms with E-state index in [9.17, 15) is 0 Å². The summed E-state index contributed by atoms with van der Waals surface area (Å²) in [7, 11) is 0. The first-order valence-corrected chi connectivity index (χ1v) is 10.3. The van der Waals surface area contributed by atoms with Gasteiger partial charge in [-0.2, -0.15) is 0 Å². The standard InChI is InChI=1S/C20H16.C7H14O2.CH3.Zr/c1-3-7-19-15(5-1)9-11-17(19)13-14-18-12-10-16-6-2-4-8-20(16)18;1-5(2)7(8)9-6(3)4;;/h1-12H,13-14H2;6,8H,1-4H3;1H3;/q;;-1;+3. The SMILES string of the molecule is CC(C)=C(O)OC(C)C.[CH3-].[CH]1[CH][C](CC[C]2[CH][CH][C]3C=CC=C[C]32)[C]2C=CC=C[C]12.[Zr+3]. The fourth-order valence-corrected chi connectivity index (χ4v) is 3.48. The van der Waals surface area contributed by atoms with Gasteiger partial charge in [-0.1, -0.05) is 48.6 Å². The largest absolute Gasteiger partial charge is 3.00 e. The Hall–Kier alpha value is -0.817. The summed E-state index contributed by atoms with van der Waals surface area (Å²) in [5.74, 6) is 8.50. The molecule has 0 spiro atoms. The number of aliphatic hydroxyl groups excluding tert-OH is 1. The molecule has 0 amide bonds. The smallest absolute Gasteiger partial charge is 0.481 e. The molecule has 2 nitrogen and oxygen atoms in total. The first kappa shape index (κ1) is 28.2. The summed E-state index contributed by atoms with van der Waals surface area (Å²) >= 11 is 0. The molecule has 4 aliphatic rings. The fourth-order valence-electron chi connectivity index (χ4n) is 3.48. The third-order valence-electron chi connectivity index (χ3n) is 4.98. The Balaban J connectivity index is 0.000000380. The van der Waals surface area contributed by atoms with Crippen LogP contribution in [0.1, 0.15) is 40.5 Å². The topological polar surface area (TPSA) is 29.5 Å². The summed E-state index contributed by atoms with van der Waals surface area (Å²) in [6, 6.07) is 0. The number of fused-ring (bicyclic) bond motifs is 2. The Kier molecular flexibility index (Phi) is 12.4. The predicted octanol–water partition coefficient (Wildman–Crippen LogP) is 6.98. The molecule has 0 aromatic carbocycles. The minimum Gasteiger partial charge on any atom is -0.481 e. The van der Waals surface area contributed by atoms with Gasteiger partial charge in [0.1, 0.15) is 0 Å². The normalized spacial score (nSPS) is 21.2. The second kappa shape index (κ2) is 13.7. The molecule has 0 saturated heterocycles. The maximum atomic E-state index is 8.95. The van der Waals surface area contributed by atoms with Crippen LogP contribution in [0.3, 0.4) is 0 Å². The van der Waals surface area contributed by atoms with Gasteiger partial charge in [0.05, 0.1) is 6.10 Å². The molecule has 0 heterocycles. The van der Waals surface area contributed by atoms with Crippen LogP contribution in [-0.4, -0.2) is 11.2 Å². The van der Waals surface area contributed by atoms with Crippen molar-refractivity contribution in [2.75, 3.05) is 0 Å². The van der Waals surface area contributed by atoms with Gasteiger partial charge in [0.25, 0.3) is 5.95 Å². The molecular weight excluding hydrogens is 460 g/mol. The molecule has 3 heteroatoms. The molecule has 0 unspecified atom stereocenters. The van der Waals surface area contributed by atoms with Crippen molar-refractivity contribution in [2.45, 2.75) is 46.6 Å². The van der Waals surface area contributed by atoms with Crippen molar-refractivity contribution in [1.29, 1.82) is 0 Å². The number of hydrogen-bond donors (Lipinski definition) is 1. The van der Waals surface area contributed by atoms with Crippen molar-refractivity contribution in [1.82, 2.24) is 0 Å². The molecule has 4 rings (SSSR count). The van der Waals surface area contributed by atoms with Gasteiger partial charge in [0.15, 0.2) is 0 Å². The van der Waals surface area contributed by atoms with Gasteiger partial charge in [-0.05, 0) is 78.1 Å². The Labute approximate surface area is 210 Å². The molecule has 11 radical (unpaired) electrons. The van der Waals surface area contributed by atoms with Crippen LogP contribution >= 0.6 is 0 Å². The summed E-state index contributed by atoms with van der Waals surface area (Å²) in [5.41, 5.74) is 0.809. The molecule has 0 bridgehead atoms. The minimum atomic E-state index is 0. The van der Waals surface area contributed by atoms with E-state index in [1.807, 2.05) is 13.8 Å². The summed E-state index contributed by atoms with van der Waals surface area (Å²) < 4.78 is 4.95. The maximum absolute atomic E-state index is 8.95. The van der Waals surface area contributed by atoms with E-state index in [1.165, 1.54) is 35.5 Å². The van der Waals surface area contributed by atoms with Gasteiger partial charge in [-0.3, -0.25) is 0 Å². The molecule has 0 aliphatic heterocycles. The molecule has 0 aromatic heterocycles. The van der Waals surface area contributed by atoms with Crippen molar-refractivity contribution in [2.24, 2.45) is 0 Å². The van der Waals surface area contributed by atoms with Crippen LogP contribution in [0.2, 0.25) is 0 Å². The first-order valence-electron chi connectivity index (χ1n) is 10.3. The Morgan fingerprint density at radius 1 is 0.774 bits per heavy atom. The van der Waals surface area contributed by atoms with Gasteiger partial charge in [-0.15, -0.1) is 0 Å². The number of hydrogen-bond acceptors (Lipinski definition) is 2. The average Bonchev–Trinajstić information content (AvgIpc) is 3.30. The number of rotatable bonds is 5. The van der Waals surface area contributed by atoms with E-state index in [2.05, 4.69) is 74.3 Å². The van der Waals surface area contributed by atoms with Crippen LogP contribution in [0.4, 0.5) is 0 Å². The summed E-state index contributed by atoms with van der Waals surface area (Å²) in [6.07, 6.45) is 28.6. The zero-order valence-corrected chi connectivity index (χ0v) is 21.7. The van der Waals surface area contributed by atoms with Gasteiger partial charge in [0, 0.05) is 29.2 Å². The summed E-state index contributed by atoms with van der Waals surface area (Å²) in [4.78, 5) is 0. The fraction of sp³-hybridized carbons (Fsp3) is 0.250. The van der Waals surface area contributed by atoms with Crippen LogP contribution in [0.5, 0.6) is 0 Å². The molecular formula is C28H33O2Zr+2. The zero-order valence-electron chi connectivity index (χ0n) is 19.3. The third kappa shape index (κ3) is 7.92. The summed E-state index contributed by atoms with van der Waals surface area (Å²) in [5, 5.41) is 8.95. The second-order valence-corrected chi connectivity index (χ2v) is 7.86. The number of allylic oxidation sites excluding steroid dienone is 9. The van der Waals surface area contributed by atoms with Gasteiger partial charge in [0.2, 0.25) is 0 Å². The first-order chi connectivity index (χ1) is 14.0. The minimum absolute atomic E-state index is 0. The Morgan fingerprint density at radius 2 is 1.19 bits per heavy atom. The number of aliphatic hydroxyl groups is 1. The van der Waals surface area contributed by atoms with E-state index in [0.29, 0.717) is 0 Å². The van der Waals surface area contributed by atoms with Crippen molar-refractivity contribution >= 4 is 0 Å². The van der Waals surface area contributed by atoms with E-state index in [0.717, 1.165) is 18.4 Å². The third-order valence-corrected chi connectivity index (χ3v) is 4.98. The maximum Gasteiger partial charge on any atom is 3.00 e. The molecule has 4 aliphatic carbocycles. The van der Waals surface area contributed by atoms with E-state index < -0.39 is 0 Å². The molecule has 159 valence electrons. The van der Waals surface area contributed by atoms with Crippen molar-refractivity contribution in [3.05, 3.63) is 129 Å². The zero-order chi connectivity index (χ0) is 20.8. The second-order valence-electron chi connectivity index (χ2n) is 7.86. The molecule has 2 fully saturated rings.